The highest BCUT2D eigenvalue weighted by atomic mass is 32.2. The number of rotatable bonds is 4. The van der Waals surface area contributed by atoms with Crippen molar-refractivity contribution < 1.29 is 4.92 Å². The van der Waals surface area contributed by atoms with Gasteiger partial charge in [-0.25, -0.2) is 4.98 Å². The summed E-state index contributed by atoms with van der Waals surface area (Å²) in [5.74, 6) is 0.491. The fourth-order valence-electron chi connectivity index (χ4n) is 1.56. The largest absolute Gasteiger partial charge is 0.373 e. The molecule has 0 aliphatic carbocycles. The summed E-state index contributed by atoms with van der Waals surface area (Å²) in [5.41, 5.74) is 1.15. The van der Waals surface area contributed by atoms with Gasteiger partial charge >= 0.3 is 0 Å². The lowest BCUT2D eigenvalue weighted by atomic mass is 10.2. The van der Waals surface area contributed by atoms with Crippen molar-refractivity contribution in [1.29, 1.82) is 0 Å². The summed E-state index contributed by atoms with van der Waals surface area (Å²) >= 11 is 1.42. The third-order valence-electron chi connectivity index (χ3n) is 2.56. The van der Waals surface area contributed by atoms with Crippen LogP contribution in [0, 0.1) is 17.0 Å². The molecule has 2 rings (SSSR count). The first-order valence-corrected chi connectivity index (χ1v) is 6.49. The average Bonchev–Trinajstić information content (AvgIpc) is 2.41. The molecule has 0 spiro atoms. The van der Waals surface area contributed by atoms with Gasteiger partial charge in [-0.1, -0.05) is 30.0 Å². The number of nitrogens with one attached hydrogen (secondary N) is 1. The normalized spacial score (nSPS) is 10.2. The molecule has 98 valence electrons. The van der Waals surface area contributed by atoms with Gasteiger partial charge in [-0.2, -0.15) is 0 Å². The highest BCUT2D eigenvalue weighted by Crippen LogP contribution is 2.31. The standard InChI is InChI=1S/C13H13N3O2S/c1-9-5-3-4-6-11(9)19-13-8-10(16(17)18)7-12(14-2)15-13/h3-8H,1-2H3,(H,14,15). The maximum absolute atomic E-state index is 10.9. The molecule has 0 aliphatic rings. The minimum atomic E-state index is -0.412. The summed E-state index contributed by atoms with van der Waals surface area (Å²) in [6, 6.07) is 10.8. The van der Waals surface area contributed by atoms with Gasteiger partial charge in [-0.15, -0.1) is 0 Å². The molecule has 19 heavy (non-hydrogen) atoms. The van der Waals surface area contributed by atoms with Gasteiger partial charge in [0, 0.05) is 18.0 Å². The third-order valence-corrected chi connectivity index (χ3v) is 3.66. The van der Waals surface area contributed by atoms with Crippen molar-refractivity contribution in [3.05, 3.63) is 52.1 Å². The third kappa shape index (κ3) is 3.23. The lowest BCUT2D eigenvalue weighted by Crippen LogP contribution is -1.97. The molecule has 1 N–H and O–H groups in total. The van der Waals surface area contributed by atoms with E-state index in [4.69, 9.17) is 0 Å². The minimum Gasteiger partial charge on any atom is -0.373 e. The molecule has 1 aromatic carbocycles. The van der Waals surface area contributed by atoms with Gasteiger partial charge in [0.05, 0.1) is 11.0 Å². The molecule has 0 unspecified atom stereocenters. The SMILES string of the molecule is CNc1cc([N+](=O)[O-])cc(Sc2ccccc2C)n1. The van der Waals surface area contributed by atoms with Crippen LogP contribution in [0.4, 0.5) is 11.5 Å². The van der Waals surface area contributed by atoms with Crippen molar-refractivity contribution in [3.63, 3.8) is 0 Å². The van der Waals surface area contributed by atoms with Crippen molar-refractivity contribution in [3.8, 4) is 0 Å². The summed E-state index contributed by atoms with van der Waals surface area (Å²) in [4.78, 5) is 15.8. The first kappa shape index (κ1) is 13.4. The van der Waals surface area contributed by atoms with E-state index in [2.05, 4.69) is 10.3 Å². The average molecular weight is 275 g/mol. The Balaban J connectivity index is 2.37. The van der Waals surface area contributed by atoms with E-state index in [0.29, 0.717) is 10.8 Å². The van der Waals surface area contributed by atoms with E-state index < -0.39 is 4.92 Å². The van der Waals surface area contributed by atoms with Crippen LogP contribution in [0.3, 0.4) is 0 Å². The topological polar surface area (TPSA) is 68.1 Å². The van der Waals surface area contributed by atoms with Gasteiger partial charge in [0.1, 0.15) is 10.8 Å². The highest BCUT2D eigenvalue weighted by molar-refractivity contribution is 7.99. The van der Waals surface area contributed by atoms with Crippen LogP contribution in [0.5, 0.6) is 0 Å². The van der Waals surface area contributed by atoms with Crippen LogP contribution in [0.25, 0.3) is 0 Å². The molecule has 1 heterocycles. The monoisotopic (exact) mass is 275 g/mol. The zero-order valence-electron chi connectivity index (χ0n) is 10.6. The quantitative estimate of drug-likeness (QED) is 0.683. The molecule has 0 aliphatic heterocycles. The van der Waals surface area contributed by atoms with Crippen LogP contribution in [0.2, 0.25) is 0 Å². The summed E-state index contributed by atoms with van der Waals surface area (Å²) in [7, 11) is 1.69. The molecule has 0 saturated carbocycles. The second-order valence-electron chi connectivity index (χ2n) is 3.92. The van der Waals surface area contributed by atoms with E-state index in [0.717, 1.165) is 10.5 Å². The molecule has 0 atom stereocenters. The van der Waals surface area contributed by atoms with Crippen LogP contribution in [0.15, 0.2) is 46.3 Å². The van der Waals surface area contributed by atoms with E-state index in [1.54, 1.807) is 7.05 Å². The molecule has 6 heteroatoms. The van der Waals surface area contributed by atoms with Gasteiger partial charge in [-0.05, 0) is 18.6 Å². The molecular formula is C13H13N3O2S. The number of nitro groups is 1. The Bertz CT molecular complexity index is 617. The Kier molecular flexibility index (Phi) is 4.01. The molecule has 5 nitrogen and oxygen atoms in total. The molecule has 0 fully saturated rings. The Morgan fingerprint density at radius 2 is 2.05 bits per heavy atom. The van der Waals surface area contributed by atoms with Crippen molar-refractivity contribution in [2.24, 2.45) is 0 Å². The highest BCUT2D eigenvalue weighted by Gasteiger charge is 2.12. The smallest absolute Gasteiger partial charge is 0.275 e. The Labute approximate surface area is 115 Å². The Morgan fingerprint density at radius 1 is 1.32 bits per heavy atom. The number of aryl methyl sites for hydroxylation is 1. The number of nitrogens with zero attached hydrogens (tertiary/aromatic N) is 2. The number of anilines is 1. The molecule has 0 bridgehead atoms. The van der Waals surface area contributed by atoms with Gasteiger partial charge in [-0.3, -0.25) is 10.1 Å². The molecule has 0 amide bonds. The van der Waals surface area contributed by atoms with Crippen molar-refractivity contribution in [1.82, 2.24) is 4.98 Å². The zero-order chi connectivity index (χ0) is 13.8. The van der Waals surface area contributed by atoms with Crippen molar-refractivity contribution >= 4 is 23.3 Å². The molecule has 1 aromatic heterocycles. The number of hydrogen-bond donors (Lipinski definition) is 1. The van der Waals surface area contributed by atoms with E-state index in [1.807, 2.05) is 31.2 Å². The fraction of sp³-hybridized carbons (Fsp3) is 0.154. The zero-order valence-corrected chi connectivity index (χ0v) is 11.4. The molecule has 2 aromatic rings. The van der Waals surface area contributed by atoms with Gasteiger partial charge in [0.25, 0.3) is 5.69 Å². The Morgan fingerprint density at radius 3 is 2.68 bits per heavy atom. The maximum atomic E-state index is 10.9. The van der Waals surface area contributed by atoms with Crippen LogP contribution in [-0.4, -0.2) is 17.0 Å². The predicted octanol–water partition coefficient (Wildman–Crippen LogP) is 3.49. The van der Waals surface area contributed by atoms with Crippen LogP contribution < -0.4 is 5.32 Å². The summed E-state index contributed by atoms with van der Waals surface area (Å²) in [6.45, 7) is 2.00. The number of pyridine rings is 1. The second kappa shape index (κ2) is 5.71. The van der Waals surface area contributed by atoms with Crippen molar-refractivity contribution in [2.75, 3.05) is 12.4 Å². The van der Waals surface area contributed by atoms with E-state index in [1.165, 1.54) is 23.9 Å². The fourth-order valence-corrected chi connectivity index (χ4v) is 2.49. The lowest BCUT2D eigenvalue weighted by Gasteiger charge is -2.06. The molecule has 0 radical (unpaired) electrons. The van der Waals surface area contributed by atoms with E-state index in [-0.39, 0.29) is 5.69 Å². The summed E-state index contributed by atoms with van der Waals surface area (Å²) in [6.07, 6.45) is 0. The first-order valence-electron chi connectivity index (χ1n) is 5.68. The van der Waals surface area contributed by atoms with Crippen molar-refractivity contribution in [2.45, 2.75) is 16.8 Å². The van der Waals surface area contributed by atoms with Crippen LogP contribution in [0.1, 0.15) is 5.56 Å². The second-order valence-corrected chi connectivity index (χ2v) is 4.99. The minimum absolute atomic E-state index is 0.0374. The maximum Gasteiger partial charge on any atom is 0.275 e. The van der Waals surface area contributed by atoms with Crippen LogP contribution in [-0.2, 0) is 0 Å². The molecule has 0 saturated heterocycles. The van der Waals surface area contributed by atoms with Gasteiger partial charge in [0.2, 0.25) is 0 Å². The summed E-state index contributed by atoms with van der Waals surface area (Å²) < 4.78 is 0. The van der Waals surface area contributed by atoms with Gasteiger partial charge in [0.15, 0.2) is 0 Å². The molecular weight excluding hydrogens is 262 g/mol. The summed E-state index contributed by atoms with van der Waals surface area (Å²) in [5, 5.41) is 14.3. The first-order chi connectivity index (χ1) is 9.10. The van der Waals surface area contributed by atoms with Gasteiger partial charge < -0.3 is 5.32 Å². The van der Waals surface area contributed by atoms with E-state index >= 15 is 0 Å². The Hall–Kier alpha value is -2.08. The number of aromatic nitrogens is 1. The predicted molar refractivity (Wildman–Crippen MR) is 75.7 cm³/mol. The van der Waals surface area contributed by atoms with Crippen LogP contribution >= 0.6 is 11.8 Å². The number of hydrogen-bond acceptors (Lipinski definition) is 5. The number of benzene rings is 1. The van der Waals surface area contributed by atoms with E-state index in [9.17, 15) is 10.1 Å². The lowest BCUT2D eigenvalue weighted by molar-refractivity contribution is -0.385.